The minimum absolute atomic E-state index is 0.208. The number of unbranched alkanes of at least 4 members (excludes halogenated alkanes) is 7. The summed E-state index contributed by atoms with van der Waals surface area (Å²) in [5, 5.41) is 18.8. The van der Waals surface area contributed by atoms with Crippen molar-refractivity contribution >= 4 is 16.9 Å². The second kappa shape index (κ2) is 10.4. The predicted molar refractivity (Wildman–Crippen MR) is 112 cm³/mol. The minimum Gasteiger partial charge on any atom is -0.478 e. The molecule has 0 saturated heterocycles. The number of aryl methyl sites for hydroxylation is 1. The summed E-state index contributed by atoms with van der Waals surface area (Å²) in [6, 6.07) is 9.25. The molecule has 0 saturated carbocycles. The normalized spacial score (nSPS) is 10.9. The smallest absolute Gasteiger partial charge is 0.335 e. The molecular formula is C23H26N4O2. The maximum Gasteiger partial charge on any atom is 0.335 e. The molecule has 3 rings (SSSR count). The van der Waals surface area contributed by atoms with E-state index in [0.717, 1.165) is 36.7 Å². The molecule has 3 aromatic heterocycles. The summed E-state index contributed by atoms with van der Waals surface area (Å²) in [4.78, 5) is 19.9. The van der Waals surface area contributed by atoms with Crippen LogP contribution in [-0.4, -0.2) is 25.6 Å². The zero-order valence-electron chi connectivity index (χ0n) is 16.5. The van der Waals surface area contributed by atoms with E-state index in [9.17, 15) is 4.79 Å². The molecule has 0 atom stereocenters. The first-order valence-corrected chi connectivity index (χ1v) is 10.2. The zero-order chi connectivity index (χ0) is 20.5. The number of fused-ring (bicyclic) bond motifs is 1. The maximum absolute atomic E-state index is 11.2. The summed E-state index contributed by atoms with van der Waals surface area (Å²) in [7, 11) is 0. The molecule has 0 amide bonds. The summed E-state index contributed by atoms with van der Waals surface area (Å²) in [6.07, 6.45) is 14.3. The predicted octanol–water partition coefficient (Wildman–Crippen LogP) is 5.44. The molecule has 3 aromatic rings. The van der Waals surface area contributed by atoms with Crippen molar-refractivity contribution in [3.05, 3.63) is 48.4 Å². The zero-order valence-corrected chi connectivity index (χ0v) is 16.5. The highest BCUT2D eigenvalue weighted by molar-refractivity contribution is 5.89. The van der Waals surface area contributed by atoms with Crippen molar-refractivity contribution in [2.24, 2.45) is 0 Å². The van der Waals surface area contributed by atoms with Gasteiger partial charge in [0, 0.05) is 30.7 Å². The van der Waals surface area contributed by atoms with Gasteiger partial charge < -0.3 is 9.67 Å². The molecule has 0 unspecified atom stereocenters. The highest BCUT2D eigenvalue weighted by Gasteiger charge is 2.09. The van der Waals surface area contributed by atoms with Crippen LogP contribution in [0.4, 0.5) is 0 Å². The Bertz CT molecular complexity index is 1000. The number of rotatable bonds is 11. The van der Waals surface area contributed by atoms with E-state index in [0.29, 0.717) is 17.8 Å². The Morgan fingerprint density at radius 2 is 1.72 bits per heavy atom. The lowest BCUT2D eigenvalue weighted by molar-refractivity contribution is 0.0697. The van der Waals surface area contributed by atoms with E-state index in [1.54, 1.807) is 6.07 Å². The number of carbonyl (C=O) groups is 1. The van der Waals surface area contributed by atoms with Crippen molar-refractivity contribution in [1.29, 1.82) is 5.26 Å². The lowest BCUT2D eigenvalue weighted by Gasteiger charge is -2.06. The second-order valence-corrected chi connectivity index (χ2v) is 7.26. The van der Waals surface area contributed by atoms with Crippen LogP contribution in [0, 0.1) is 11.3 Å². The fourth-order valence-corrected chi connectivity index (χ4v) is 3.50. The third kappa shape index (κ3) is 5.64. The van der Waals surface area contributed by atoms with Crippen LogP contribution in [0.5, 0.6) is 0 Å². The van der Waals surface area contributed by atoms with Crippen molar-refractivity contribution in [2.45, 2.75) is 57.9 Å². The quantitative estimate of drug-likeness (QED) is 0.440. The molecule has 0 fully saturated rings. The number of hydrogen-bond acceptors (Lipinski definition) is 4. The minimum atomic E-state index is -0.969. The third-order valence-electron chi connectivity index (χ3n) is 5.11. The van der Waals surface area contributed by atoms with Gasteiger partial charge in [-0.25, -0.2) is 4.79 Å². The standard InChI is InChI=1S/C23H26N4O2/c24-11-7-5-3-1-2-4-6-8-13-27-14-10-18-15-21(26-17-22(18)27)20-16-19(23(28)29)9-12-25-20/h9-10,12,14-17H,1-8,13H2,(H,28,29). The monoisotopic (exact) mass is 390 g/mol. The number of nitrogens with zero attached hydrogens (tertiary/aromatic N) is 4. The molecule has 0 aromatic carbocycles. The van der Waals surface area contributed by atoms with Crippen molar-refractivity contribution in [2.75, 3.05) is 0 Å². The summed E-state index contributed by atoms with van der Waals surface area (Å²) in [5.41, 5.74) is 2.53. The maximum atomic E-state index is 11.2. The first kappa shape index (κ1) is 20.5. The second-order valence-electron chi connectivity index (χ2n) is 7.26. The van der Waals surface area contributed by atoms with Crippen molar-refractivity contribution in [3.63, 3.8) is 0 Å². The van der Waals surface area contributed by atoms with Crippen LogP contribution >= 0.6 is 0 Å². The van der Waals surface area contributed by atoms with Crippen LogP contribution in [0.15, 0.2) is 42.9 Å². The molecule has 6 heteroatoms. The van der Waals surface area contributed by atoms with Gasteiger partial charge in [0.15, 0.2) is 0 Å². The Morgan fingerprint density at radius 1 is 1.00 bits per heavy atom. The van der Waals surface area contributed by atoms with Gasteiger partial charge in [-0.2, -0.15) is 5.26 Å². The molecule has 1 N–H and O–H groups in total. The largest absolute Gasteiger partial charge is 0.478 e. The third-order valence-corrected chi connectivity index (χ3v) is 5.11. The van der Waals surface area contributed by atoms with Gasteiger partial charge in [0.05, 0.1) is 34.7 Å². The average Bonchev–Trinajstić information content (AvgIpc) is 3.15. The Hall–Kier alpha value is -3.20. The topological polar surface area (TPSA) is 91.8 Å². The molecule has 0 aliphatic carbocycles. The van der Waals surface area contributed by atoms with Gasteiger partial charge in [-0.3, -0.25) is 9.97 Å². The number of hydrogen-bond donors (Lipinski definition) is 1. The molecule has 0 bridgehead atoms. The molecule has 29 heavy (non-hydrogen) atoms. The van der Waals surface area contributed by atoms with Crippen LogP contribution in [-0.2, 0) is 6.54 Å². The highest BCUT2D eigenvalue weighted by atomic mass is 16.4. The van der Waals surface area contributed by atoms with Crippen molar-refractivity contribution in [1.82, 2.24) is 14.5 Å². The van der Waals surface area contributed by atoms with Gasteiger partial charge in [-0.1, -0.05) is 32.1 Å². The molecule has 0 aliphatic heterocycles. The van der Waals surface area contributed by atoms with E-state index < -0.39 is 5.97 Å². The molecule has 3 heterocycles. The number of nitriles is 1. The van der Waals surface area contributed by atoms with E-state index in [1.165, 1.54) is 37.9 Å². The summed E-state index contributed by atoms with van der Waals surface area (Å²) in [6.45, 7) is 0.964. The van der Waals surface area contributed by atoms with Crippen LogP contribution < -0.4 is 0 Å². The lowest BCUT2D eigenvalue weighted by atomic mass is 10.1. The van der Waals surface area contributed by atoms with E-state index in [-0.39, 0.29) is 5.56 Å². The molecular weight excluding hydrogens is 364 g/mol. The molecule has 150 valence electrons. The van der Waals surface area contributed by atoms with Gasteiger partial charge in [0.2, 0.25) is 0 Å². The fraction of sp³-hybridized carbons (Fsp3) is 0.391. The average molecular weight is 390 g/mol. The summed E-state index contributed by atoms with van der Waals surface area (Å²) >= 11 is 0. The molecule has 0 aliphatic rings. The number of pyridine rings is 2. The molecule has 6 nitrogen and oxygen atoms in total. The fourth-order valence-electron chi connectivity index (χ4n) is 3.50. The van der Waals surface area contributed by atoms with Crippen LogP contribution in [0.3, 0.4) is 0 Å². The van der Waals surface area contributed by atoms with Gasteiger partial charge in [0.1, 0.15) is 0 Å². The van der Waals surface area contributed by atoms with Gasteiger partial charge in [-0.15, -0.1) is 0 Å². The Labute approximate surface area is 170 Å². The van der Waals surface area contributed by atoms with E-state index in [1.807, 2.05) is 12.3 Å². The Balaban J connectivity index is 1.54. The van der Waals surface area contributed by atoms with E-state index in [2.05, 4.69) is 32.9 Å². The lowest BCUT2D eigenvalue weighted by Crippen LogP contribution is -1.99. The van der Waals surface area contributed by atoms with Crippen LogP contribution in [0.1, 0.15) is 61.7 Å². The number of aromatic nitrogens is 3. The van der Waals surface area contributed by atoms with Crippen molar-refractivity contribution in [3.8, 4) is 17.5 Å². The van der Waals surface area contributed by atoms with E-state index in [4.69, 9.17) is 10.4 Å². The SMILES string of the molecule is N#CCCCCCCCCCn1ccc2cc(-c3cc(C(=O)O)ccn3)ncc21. The first-order chi connectivity index (χ1) is 14.2. The highest BCUT2D eigenvalue weighted by Crippen LogP contribution is 2.23. The van der Waals surface area contributed by atoms with Crippen molar-refractivity contribution < 1.29 is 9.90 Å². The molecule has 0 radical (unpaired) electrons. The van der Waals surface area contributed by atoms with Crippen LogP contribution in [0.25, 0.3) is 22.3 Å². The molecule has 0 spiro atoms. The van der Waals surface area contributed by atoms with Gasteiger partial charge in [-0.05, 0) is 37.1 Å². The Kier molecular flexibility index (Phi) is 7.34. The summed E-state index contributed by atoms with van der Waals surface area (Å²) in [5.74, 6) is -0.969. The summed E-state index contributed by atoms with van der Waals surface area (Å²) < 4.78 is 2.22. The number of carboxylic acid groups (broad SMARTS) is 1. The van der Waals surface area contributed by atoms with Gasteiger partial charge in [0.25, 0.3) is 0 Å². The number of aromatic carboxylic acids is 1. The van der Waals surface area contributed by atoms with E-state index >= 15 is 0 Å². The van der Waals surface area contributed by atoms with Crippen LogP contribution in [0.2, 0.25) is 0 Å². The number of carboxylic acids is 1. The first-order valence-electron chi connectivity index (χ1n) is 10.2. The Morgan fingerprint density at radius 3 is 2.48 bits per heavy atom. The van der Waals surface area contributed by atoms with Gasteiger partial charge >= 0.3 is 5.97 Å².